The minimum absolute atomic E-state index is 0.0176. The normalized spacial score (nSPS) is 11.7. The van der Waals surface area contributed by atoms with Crippen molar-refractivity contribution >= 4 is 49.7 Å². The number of rotatable bonds is 11. The summed E-state index contributed by atoms with van der Waals surface area (Å²) >= 11 is 3.32. The zero-order valence-electron chi connectivity index (χ0n) is 23.4. The lowest BCUT2D eigenvalue weighted by Crippen LogP contribution is -2.39. The third-order valence-electron chi connectivity index (χ3n) is 5.38. The average Bonchev–Trinajstić information content (AvgIpc) is 2.91. The van der Waals surface area contributed by atoms with Gasteiger partial charge in [-0.2, -0.15) is 5.10 Å². The van der Waals surface area contributed by atoms with Crippen LogP contribution in [0.15, 0.2) is 81.2 Å². The molecule has 0 aromatic heterocycles. The van der Waals surface area contributed by atoms with Crippen molar-refractivity contribution in [3.05, 3.63) is 82.3 Å². The summed E-state index contributed by atoms with van der Waals surface area (Å²) in [7, 11) is -2.65. The molecule has 0 spiro atoms. The zero-order chi connectivity index (χ0) is 30.2. The van der Waals surface area contributed by atoms with Crippen molar-refractivity contribution in [1.82, 2.24) is 5.43 Å². The molecular weight excluding hydrogens is 614 g/mol. The molecule has 41 heavy (non-hydrogen) atoms. The lowest BCUT2D eigenvalue weighted by Gasteiger charge is -2.24. The summed E-state index contributed by atoms with van der Waals surface area (Å²) in [6.45, 7) is 6.47. The van der Waals surface area contributed by atoms with Crippen LogP contribution in [-0.4, -0.2) is 52.4 Å². The smallest absolute Gasteiger partial charge is 0.344 e. The van der Waals surface area contributed by atoms with E-state index in [0.717, 1.165) is 9.87 Å². The third kappa shape index (κ3) is 9.32. The van der Waals surface area contributed by atoms with Gasteiger partial charge in [-0.25, -0.2) is 18.6 Å². The summed E-state index contributed by atoms with van der Waals surface area (Å²) in [5, 5.41) is 3.95. The zero-order valence-corrected chi connectivity index (χ0v) is 25.8. The topological polar surface area (TPSA) is 124 Å². The largest absolute Gasteiger partial charge is 0.496 e. The van der Waals surface area contributed by atoms with E-state index in [9.17, 15) is 18.0 Å². The number of amides is 1. The van der Waals surface area contributed by atoms with Gasteiger partial charge in [0.2, 0.25) is 0 Å². The van der Waals surface area contributed by atoms with Crippen LogP contribution in [0, 0.1) is 6.92 Å². The van der Waals surface area contributed by atoms with Gasteiger partial charge in [-0.15, -0.1) is 0 Å². The predicted molar refractivity (Wildman–Crippen MR) is 160 cm³/mol. The number of carbonyl (C=O) groups is 2. The molecule has 218 valence electrons. The molecule has 0 heterocycles. The molecule has 0 bridgehead atoms. The molecule has 0 atom stereocenters. The standard InChI is InChI=1S/C29H32BrN3O7S/c1-20-6-10-22(11-7-20)33(41(36,37)24-14-15-26(38-5)25(30)16-24)18-27(34)32-31-17-21-8-12-23(13-9-21)39-19-28(35)40-29(2,3)4/h6-17H,18-19H2,1-5H3,(H,32,34)/b31-17-. The van der Waals surface area contributed by atoms with E-state index in [1.54, 1.807) is 69.3 Å². The van der Waals surface area contributed by atoms with Gasteiger partial charge in [0.1, 0.15) is 23.6 Å². The highest BCUT2D eigenvalue weighted by Crippen LogP contribution is 2.30. The number of benzene rings is 3. The van der Waals surface area contributed by atoms with E-state index in [1.165, 1.54) is 31.5 Å². The molecular formula is C29H32BrN3O7S. The number of hydrogen-bond acceptors (Lipinski definition) is 8. The molecule has 0 fully saturated rings. The molecule has 0 aliphatic carbocycles. The molecule has 3 aromatic rings. The van der Waals surface area contributed by atoms with Gasteiger partial charge in [-0.3, -0.25) is 9.10 Å². The molecule has 1 amide bonds. The van der Waals surface area contributed by atoms with E-state index in [1.807, 2.05) is 6.92 Å². The third-order valence-corrected chi connectivity index (χ3v) is 7.77. The van der Waals surface area contributed by atoms with Gasteiger partial charge in [0.05, 0.1) is 28.4 Å². The van der Waals surface area contributed by atoms with Crippen LogP contribution in [0.1, 0.15) is 31.9 Å². The molecule has 1 N–H and O–H groups in total. The lowest BCUT2D eigenvalue weighted by molar-refractivity contribution is -0.157. The van der Waals surface area contributed by atoms with Crippen LogP contribution in [0.2, 0.25) is 0 Å². The molecule has 12 heteroatoms. The Bertz CT molecular complexity index is 1500. The van der Waals surface area contributed by atoms with Gasteiger partial charge in [-0.05, 0) is 104 Å². The van der Waals surface area contributed by atoms with E-state index in [4.69, 9.17) is 14.2 Å². The average molecular weight is 647 g/mol. The van der Waals surface area contributed by atoms with E-state index in [-0.39, 0.29) is 11.5 Å². The van der Waals surface area contributed by atoms with E-state index < -0.39 is 34.0 Å². The molecule has 10 nitrogen and oxygen atoms in total. The van der Waals surface area contributed by atoms with Gasteiger partial charge in [0, 0.05) is 0 Å². The Labute approximate surface area is 248 Å². The number of halogens is 1. The van der Waals surface area contributed by atoms with Crippen LogP contribution in [0.3, 0.4) is 0 Å². The summed E-state index contributed by atoms with van der Waals surface area (Å²) in [5.41, 5.74) is 3.68. The number of aryl methyl sites for hydroxylation is 1. The fourth-order valence-corrected chi connectivity index (χ4v) is 5.61. The fourth-order valence-electron chi connectivity index (χ4n) is 3.47. The highest BCUT2D eigenvalue weighted by Gasteiger charge is 2.28. The minimum atomic E-state index is -4.13. The first-order valence-electron chi connectivity index (χ1n) is 12.5. The second kappa shape index (κ2) is 13.6. The van der Waals surface area contributed by atoms with E-state index in [0.29, 0.717) is 27.2 Å². The van der Waals surface area contributed by atoms with Crippen LogP contribution in [0.4, 0.5) is 5.69 Å². The first kappa shape index (κ1) is 31.6. The number of nitrogens with zero attached hydrogens (tertiary/aromatic N) is 2. The van der Waals surface area contributed by atoms with Gasteiger partial charge >= 0.3 is 5.97 Å². The van der Waals surface area contributed by atoms with Crippen LogP contribution >= 0.6 is 15.9 Å². The number of hydrogen-bond donors (Lipinski definition) is 1. The summed E-state index contributed by atoms with van der Waals surface area (Å²) in [4.78, 5) is 24.6. The van der Waals surface area contributed by atoms with Crippen LogP contribution in [0.25, 0.3) is 0 Å². The first-order chi connectivity index (χ1) is 19.3. The fraction of sp³-hybridized carbons (Fsp3) is 0.276. The molecule has 0 unspecified atom stereocenters. The van der Waals surface area contributed by atoms with Crippen LogP contribution in [-0.2, 0) is 24.3 Å². The number of carbonyl (C=O) groups excluding carboxylic acids is 2. The molecule has 0 saturated heterocycles. The SMILES string of the molecule is COc1ccc(S(=O)(=O)N(CC(=O)N/N=C\c2ccc(OCC(=O)OC(C)(C)C)cc2)c2ccc(C)cc2)cc1Br. The maximum absolute atomic E-state index is 13.6. The van der Waals surface area contributed by atoms with E-state index >= 15 is 0 Å². The number of hydrazone groups is 1. The maximum atomic E-state index is 13.6. The molecule has 3 aromatic carbocycles. The minimum Gasteiger partial charge on any atom is -0.496 e. The van der Waals surface area contributed by atoms with Gasteiger partial charge in [0.25, 0.3) is 15.9 Å². The summed E-state index contributed by atoms with van der Waals surface area (Å²) in [6.07, 6.45) is 1.40. The number of nitrogens with one attached hydrogen (secondary N) is 1. The van der Waals surface area contributed by atoms with Crippen molar-refractivity contribution in [2.75, 3.05) is 24.6 Å². The van der Waals surface area contributed by atoms with Gasteiger partial charge in [0.15, 0.2) is 6.61 Å². The van der Waals surface area contributed by atoms with E-state index in [2.05, 4.69) is 26.5 Å². The predicted octanol–water partition coefficient (Wildman–Crippen LogP) is 4.83. The summed E-state index contributed by atoms with van der Waals surface area (Å²) in [5.74, 6) is -0.191. The Morgan fingerprint density at radius 1 is 1.02 bits per heavy atom. The second-order valence-electron chi connectivity index (χ2n) is 9.88. The number of sulfonamides is 1. The quantitative estimate of drug-likeness (QED) is 0.180. The summed E-state index contributed by atoms with van der Waals surface area (Å²) in [6, 6.07) is 17.8. The number of ether oxygens (including phenoxy) is 3. The molecule has 0 aliphatic heterocycles. The van der Waals surface area contributed by atoms with Crippen molar-refractivity contribution in [2.45, 2.75) is 38.2 Å². The van der Waals surface area contributed by atoms with Gasteiger partial charge in [-0.1, -0.05) is 17.7 Å². The molecule has 0 aliphatic rings. The van der Waals surface area contributed by atoms with Crippen LogP contribution < -0.4 is 19.2 Å². The Kier molecular flexibility index (Phi) is 10.5. The van der Waals surface area contributed by atoms with Crippen molar-refractivity contribution in [1.29, 1.82) is 0 Å². The highest BCUT2D eigenvalue weighted by molar-refractivity contribution is 9.10. The Hall–Kier alpha value is -3.90. The van der Waals surface area contributed by atoms with Crippen molar-refractivity contribution in [3.8, 4) is 11.5 Å². The lowest BCUT2D eigenvalue weighted by atomic mass is 10.2. The van der Waals surface area contributed by atoms with Gasteiger partial charge < -0.3 is 14.2 Å². The number of esters is 1. The van der Waals surface area contributed by atoms with Crippen LogP contribution in [0.5, 0.6) is 11.5 Å². The maximum Gasteiger partial charge on any atom is 0.344 e. The first-order valence-corrected chi connectivity index (χ1v) is 14.7. The Morgan fingerprint density at radius 2 is 1.68 bits per heavy atom. The number of anilines is 1. The monoisotopic (exact) mass is 645 g/mol. The highest BCUT2D eigenvalue weighted by atomic mass is 79.9. The molecule has 0 saturated carbocycles. The second-order valence-corrected chi connectivity index (χ2v) is 12.6. The molecule has 0 radical (unpaired) electrons. The molecule has 3 rings (SSSR count). The van der Waals surface area contributed by atoms with Crippen molar-refractivity contribution in [3.63, 3.8) is 0 Å². The Balaban J connectivity index is 1.68. The van der Waals surface area contributed by atoms with Crippen molar-refractivity contribution < 1.29 is 32.2 Å². The summed E-state index contributed by atoms with van der Waals surface area (Å²) < 4.78 is 44.5. The van der Waals surface area contributed by atoms with Crippen molar-refractivity contribution in [2.24, 2.45) is 5.10 Å². The number of methoxy groups -OCH3 is 1. The Morgan fingerprint density at radius 3 is 2.27 bits per heavy atom.